The number of carbonyl (C=O) groups is 2. The topological polar surface area (TPSA) is 106 Å². The Morgan fingerprint density at radius 1 is 1.08 bits per heavy atom. The standard InChI is InChI=1S/C29H31N5O5/c1-33-26-24(7-8-25(32-26)34-14-10-29(19-34)11-15-37-16-12-29)38-18-23(28(33)36)31-27(35)22-17-21(9-13-30-22)39-20-5-3-2-4-6-20/h2-9,13,17,23H,10-12,14-16,18-19H2,1H3,(H,31,35)/t23-/m0/s1. The molecule has 2 aromatic heterocycles. The van der Waals surface area contributed by atoms with Crippen molar-refractivity contribution in [1.82, 2.24) is 15.3 Å². The van der Waals surface area contributed by atoms with Crippen LogP contribution in [0.2, 0.25) is 0 Å². The average molecular weight is 530 g/mol. The van der Waals surface area contributed by atoms with Gasteiger partial charge >= 0.3 is 0 Å². The molecule has 1 spiro atoms. The van der Waals surface area contributed by atoms with Gasteiger partial charge in [-0.2, -0.15) is 0 Å². The summed E-state index contributed by atoms with van der Waals surface area (Å²) in [7, 11) is 1.66. The van der Waals surface area contributed by atoms with Crippen LogP contribution in [-0.4, -0.2) is 67.8 Å². The predicted molar refractivity (Wildman–Crippen MR) is 144 cm³/mol. The lowest BCUT2D eigenvalue weighted by Crippen LogP contribution is -2.49. The van der Waals surface area contributed by atoms with Gasteiger partial charge in [0.1, 0.15) is 35.7 Å². The van der Waals surface area contributed by atoms with Crippen LogP contribution in [-0.2, 0) is 9.53 Å². The summed E-state index contributed by atoms with van der Waals surface area (Å²) in [5, 5.41) is 2.77. The van der Waals surface area contributed by atoms with Gasteiger partial charge in [0.05, 0.1) is 0 Å². The highest BCUT2D eigenvalue weighted by molar-refractivity contribution is 6.02. The molecule has 1 aromatic carbocycles. The van der Waals surface area contributed by atoms with Crippen molar-refractivity contribution >= 4 is 23.5 Å². The molecule has 3 aromatic rings. The second-order valence-corrected chi connectivity index (χ2v) is 10.3. The van der Waals surface area contributed by atoms with Gasteiger partial charge in [0, 0.05) is 45.6 Å². The van der Waals surface area contributed by atoms with Crippen molar-refractivity contribution < 1.29 is 23.8 Å². The molecule has 202 valence electrons. The maximum atomic E-state index is 13.4. The predicted octanol–water partition coefficient (Wildman–Crippen LogP) is 3.43. The van der Waals surface area contributed by atoms with E-state index in [1.54, 1.807) is 13.1 Å². The second-order valence-electron chi connectivity index (χ2n) is 10.3. The van der Waals surface area contributed by atoms with Gasteiger partial charge in [-0.15, -0.1) is 0 Å². The molecule has 0 saturated carbocycles. The van der Waals surface area contributed by atoms with Crippen molar-refractivity contribution in [2.75, 3.05) is 49.8 Å². The van der Waals surface area contributed by atoms with E-state index in [4.69, 9.17) is 19.2 Å². The summed E-state index contributed by atoms with van der Waals surface area (Å²) in [5.74, 6) is 2.07. The van der Waals surface area contributed by atoms with Crippen LogP contribution in [0.3, 0.4) is 0 Å². The van der Waals surface area contributed by atoms with Crippen molar-refractivity contribution in [3.05, 3.63) is 66.5 Å². The number of benzene rings is 1. The molecule has 1 N–H and O–H groups in total. The normalized spacial score (nSPS) is 20.2. The van der Waals surface area contributed by atoms with Crippen LogP contribution in [0.1, 0.15) is 29.8 Å². The zero-order chi connectivity index (χ0) is 26.8. The zero-order valence-electron chi connectivity index (χ0n) is 21.8. The molecule has 0 radical (unpaired) electrons. The maximum absolute atomic E-state index is 13.4. The fourth-order valence-corrected chi connectivity index (χ4v) is 5.44. The lowest BCUT2D eigenvalue weighted by Gasteiger charge is -2.33. The maximum Gasteiger partial charge on any atom is 0.270 e. The largest absolute Gasteiger partial charge is 0.487 e. The number of pyridine rings is 2. The molecule has 39 heavy (non-hydrogen) atoms. The Hall–Kier alpha value is -4.18. The van der Waals surface area contributed by atoms with E-state index in [-0.39, 0.29) is 23.6 Å². The van der Waals surface area contributed by atoms with Crippen LogP contribution in [0.4, 0.5) is 11.6 Å². The molecule has 2 fully saturated rings. The number of para-hydroxylation sites is 1. The van der Waals surface area contributed by atoms with E-state index in [2.05, 4.69) is 15.2 Å². The van der Waals surface area contributed by atoms with Crippen LogP contribution in [0.15, 0.2) is 60.8 Å². The van der Waals surface area contributed by atoms with Crippen molar-refractivity contribution in [3.63, 3.8) is 0 Å². The van der Waals surface area contributed by atoms with E-state index < -0.39 is 11.9 Å². The van der Waals surface area contributed by atoms with Gasteiger partial charge in [0.2, 0.25) is 0 Å². The quantitative estimate of drug-likeness (QED) is 0.536. The minimum atomic E-state index is -0.905. The first-order chi connectivity index (χ1) is 19.0. The van der Waals surface area contributed by atoms with Crippen molar-refractivity contribution in [2.45, 2.75) is 25.3 Å². The Morgan fingerprint density at radius 3 is 2.72 bits per heavy atom. The molecule has 2 amide bonds. The fourth-order valence-electron chi connectivity index (χ4n) is 5.44. The number of aromatic nitrogens is 2. The van der Waals surface area contributed by atoms with Crippen LogP contribution in [0, 0.1) is 5.41 Å². The first-order valence-electron chi connectivity index (χ1n) is 13.2. The number of amides is 2. The molecule has 10 heteroatoms. The van der Waals surface area contributed by atoms with Gasteiger partial charge in [-0.1, -0.05) is 18.2 Å². The van der Waals surface area contributed by atoms with Crippen LogP contribution >= 0.6 is 0 Å². The Labute approximate surface area is 226 Å². The Balaban J connectivity index is 1.14. The molecule has 1 atom stereocenters. The summed E-state index contributed by atoms with van der Waals surface area (Å²) >= 11 is 0. The molecule has 5 heterocycles. The highest BCUT2D eigenvalue weighted by Crippen LogP contribution is 2.42. The SMILES string of the molecule is CN1C(=O)[C@@H](NC(=O)c2cc(Oc3ccccc3)ccn2)COc2ccc(N3CCC4(CCOCC4)C3)nc21. The number of hydrogen-bond acceptors (Lipinski definition) is 8. The lowest BCUT2D eigenvalue weighted by molar-refractivity contribution is -0.120. The number of rotatable bonds is 5. The Morgan fingerprint density at radius 2 is 1.90 bits per heavy atom. The lowest BCUT2D eigenvalue weighted by atomic mass is 9.80. The smallest absolute Gasteiger partial charge is 0.270 e. The zero-order valence-corrected chi connectivity index (χ0v) is 21.8. The van der Waals surface area contributed by atoms with Gasteiger partial charge in [-0.05, 0) is 55.0 Å². The number of nitrogens with zero attached hydrogens (tertiary/aromatic N) is 4. The number of ether oxygens (including phenoxy) is 3. The number of hydrogen-bond donors (Lipinski definition) is 1. The van der Waals surface area contributed by atoms with Crippen molar-refractivity contribution in [2.24, 2.45) is 5.41 Å². The summed E-state index contributed by atoms with van der Waals surface area (Å²) in [6.45, 7) is 3.45. The van der Waals surface area contributed by atoms with Crippen LogP contribution in [0.5, 0.6) is 17.2 Å². The average Bonchev–Trinajstić information content (AvgIpc) is 3.33. The summed E-state index contributed by atoms with van der Waals surface area (Å²) in [6.07, 6.45) is 4.73. The minimum Gasteiger partial charge on any atom is -0.487 e. The van der Waals surface area contributed by atoms with E-state index >= 15 is 0 Å². The number of carbonyl (C=O) groups excluding carboxylic acids is 2. The van der Waals surface area contributed by atoms with E-state index in [0.717, 1.165) is 51.4 Å². The van der Waals surface area contributed by atoms with Crippen LogP contribution < -0.4 is 24.6 Å². The Kier molecular flexibility index (Phi) is 6.78. The van der Waals surface area contributed by atoms with E-state index in [9.17, 15) is 9.59 Å². The highest BCUT2D eigenvalue weighted by atomic mass is 16.5. The molecule has 3 aliphatic heterocycles. The van der Waals surface area contributed by atoms with Gasteiger partial charge in [0.15, 0.2) is 11.6 Å². The van der Waals surface area contributed by atoms with Crippen molar-refractivity contribution in [1.29, 1.82) is 0 Å². The third kappa shape index (κ3) is 5.24. The number of likely N-dealkylation sites (N-methyl/N-ethyl adjacent to an activating group) is 1. The van der Waals surface area contributed by atoms with Gasteiger partial charge in [-0.3, -0.25) is 19.5 Å². The van der Waals surface area contributed by atoms with E-state index in [0.29, 0.717) is 23.1 Å². The fraction of sp³-hybridized carbons (Fsp3) is 0.379. The molecule has 6 rings (SSSR count). The summed E-state index contributed by atoms with van der Waals surface area (Å²) in [6, 6.07) is 15.4. The summed E-state index contributed by atoms with van der Waals surface area (Å²) < 4.78 is 17.3. The molecule has 0 aliphatic carbocycles. The molecule has 0 bridgehead atoms. The monoisotopic (exact) mass is 529 g/mol. The summed E-state index contributed by atoms with van der Waals surface area (Å²) in [5.41, 5.74) is 0.412. The van der Waals surface area contributed by atoms with Gasteiger partial charge in [0.25, 0.3) is 11.8 Å². The van der Waals surface area contributed by atoms with E-state index in [1.165, 1.54) is 17.2 Å². The Bertz CT molecular complexity index is 1360. The number of fused-ring (bicyclic) bond motifs is 1. The minimum absolute atomic E-state index is 0.0179. The molecular weight excluding hydrogens is 498 g/mol. The third-order valence-corrected chi connectivity index (χ3v) is 7.74. The second kappa shape index (κ2) is 10.5. The number of anilines is 2. The van der Waals surface area contributed by atoms with Gasteiger partial charge < -0.3 is 24.4 Å². The molecule has 0 unspecified atom stereocenters. The first-order valence-corrected chi connectivity index (χ1v) is 13.2. The highest BCUT2D eigenvalue weighted by Gasteiger charge is 2.40. The number of nitrogens with one attached hydrogen (secondary N) is 1. The molecule has 3 aliphatic rings. The van der Waals surface area contributed by atoms with Crippen molar-refractivity contribution in [3.8, 4) is 17.2 Å². The summed E-state index contributed by atoms with van der Waals surface area (Å²) in [4.78, 5) is 39.1. The molecule has 10 nitrogen and oxygen atoms in total. The van der Waals surface area contributed by atoms with Gasteiger partial charge in [-0.25, -0.2) is 4.98 Å². The molecular formula is C29H31N5O5. The van der Waals surface area contributed by atoms with Crippen LogP contribution in [0.25, 0.3) is 0 Å². The molecule has 2 saturated heterocycles. The first kappa shape index (κ1) is 25.1. The van der Waals surface area contributed by atoms with E-state index in [1.807, 2.05) is 42.5 Å². The third-order valence-electron chi connectivity index (χ3n) is 7.74.